The highest BCUT2D eigenvalue weighted by molar-refractivity contribution is 5.89. The summed E-state index contributed by atoms with van der Waals surface area (Å²) < 4.78 is 7.81. The van der Waals surface area contributed by atoms with Gasteiger partial charge in [-0.25, -0.2) is 4.79 Å². The fourth-order valence-corrected chi connectivity index (χ4v) is 4.20. The molecule has 7 heteroatoms. The Labute approximate surface area is 198 Å². The lowest BCUT2D eigenvalue weighted by atomic mass is 10.1. The Balaban J connectivity index is 1.65. The highest BCUT2D eigenvalue weighted by atomic mass is 16.4. The summed E-state index contributed by atoms with van der Waals surface area (Å²) >= 11 is 0. The number of rotatable bonds is 9. The van der Waals surface area contributed by atoms with Crippen molar-refractivity contribution in [2.45, 2.75) is 26.8 Å². The second kappa shape index (κ2) is 10.7. The molecule has 0 unspecified atom stereocenters. The highest BCUT2D eigenvalue weighted by Crippen LogP contribution is 2.23. The first-order valence-corrected chi connectivity index (χ1v) is 11.6. The molecule has 0 atom stereocenters. The van der Waals surface area contributed by atoms with Gasteiger partial charge in [0, 0.05) is 60.2 Å². The fourth-order valence-electron chi connectivity index (χ4n) is 4.20. The van der Waals surface area contributed by atoms with Crippen LogP contribution in [0.1, 0.15) is 31.4 Å². The van der Waals surface area contributed by atoms with Crippen LogP contribution in [0.3, 0.4) is 0 Å². The molecule has 0 radical (unpaired) electrons. The predicted octanol–water partition coefficient (Wildman–Crippen LogP) is 5.95. The molecule has 0 aliphatic heterocycles. The number of pyridine rings is 1. The van der Waals surface area contributed by atoms with E-state index in [-0.39, 0.29) is 5.63 Å². The molecule has 4 aromatic rings. The summed E-state index contributed by atoms with van der Waals surface area (Å²) in [5.74, 6) is 0. The zero-order chi connectivity index (χ0) is 23.9. The van der Waals surface area contributed by atoms with Crippen molar-refractivity contribution in [3.8, 4) is 0 Å². The molecule has 0 amide bonds. The van der Waals surface area contributed by atoms with E-state index in [0.717, 1.165) is 53.6 Å². The van der Waals surface area contributed by atoms with Gasteiger partial charge in [0.2, 0.25) is 5.52 Å². The molecule has 0 bridgehead atoms. The largest absolute Gasteiger partial charge is 0.422 e. The maximum absolute atomic E-state index is 12.7. The first kappa shape index (κ1) is 23.1. The van der Waals surface area contributed by atoms with Gasteiger partial charge < -0.3 is 9.32 Å². The lowest BCUT2D eigenvalue weighted by molar-refractivity contribution is -0.671. The van der Waals surface area contributed by atoms with Crippen molar-refractivity contribution in [1.82, 2.24) is 0 Å². The van der Waals surface area contributed by atoms with E-state index < -0.39 is 0 Å². The van der Waals surface area contributed by atoms with E-state index in [1.807, 2.05) is 54.7 Å². The molecule has 2 aromatic carbocycles. The molecule has 34 heavy (non-hydrogen) atoms. The molecular formula is C27H28N5O2+. The first-order valence-electron chi connectivity index (χ1n) is 11.6. The van der Waals surface area contributed by atoms with Crippen molar-refractivity contribution in [3.63, 3.8) is 0 Å². The van der Waals surface area contributed by atoms with Crippen molar-refractivity contribution >= 4 is 39.7 Å². The highest BCUT2D eigenvalue weighted by Gasteiger charge is 2.11. The molecule has 2 heterocycles. The van der Waals surface area contributed by atoms with Crippen LogP contribution in [0.2, 0.25) is 0 Å². The maximum atomic E-state index is 12.7. The third-order valence-corrected chi connectivity index (χ3v) is 6.00. The molecule has 0 aliphatic carbocycles. The van der Waals surface area contributed by atoms with E-state index >= 15 is 0 Å². The summed E-state index contributed by atoms with van der Waals surface area (Å²) in [6, 6.07) is 18.0. The smallest absolute Gasteiger partial charge is 0.343 e. The third kappa shape index (κ3) is 4.95. The van der Waals surface area contributed by atoms with Gasteiger partial charge >= 0.3 is 5.63 Å². The minimum atomic E-state index is -0.353. The lowest BCUT2D eigenvalue weighted by Crippen LogP contribution is -2.34. The topological polar surface area (TPSA) is 86.1 Å². The molecule has 0 fully saturated rings. The van der Waals surface area contributed by atoms with E-state index in [1.54, 1.807) is 0 Å². The standard InChI is InChI=1S/C27H28N5O2/c1-3-31(4-2)23-13-12-21-18-22(27(33)34-26(21)19-23)11-10-20-14-17-32(16-7-15-29-30-28)25-9-6-5-8-24(20)25/h5-6,8-14,17-19H,3-4,7,15-16H2,1-2H3/q+1. The van der Waals surface area contributed by atoms with Gasteiger partial charge in [-0.1, -0.05) is 23.3 Å². The van der Waals surface area contributed by atoms with Crippen LogP contribution in [0.25, 0.3) is 44.5 Å². The third-order valence-electron chi connectivity index (χ3n) is 6.00. The second-order valence-electron chi connectivity index (χ2n) is 8.01. The van der Waals surface area contributed by atoms with E-state index in [2.05, 4.69) is 51.5 Å². The zero-order valence-corrected chi connectivity index (χ0v) is 19.5. The SMILES string of the molecule is CCN(CC)c1ccc2cc(/C=C/c3cc[n+](CCCN=[N+]=[N-])c4ccccc34)c(=O)oc2c1. The van der Waals surface area contributed by atoms with Gasteiger partial charge in [0.05, 0.1) is 10.9 Å². The number of nitrogens with zero attached hydrogens (tertiary/aromatic N) is 5. The van der Waals surface area contributed by atoms with Gasteiger partial charge in [0.15, 0.2) is 6.20 Å². The molecule has 172 valence electrons. The number of aromatic nitrogens is 1. The minimum Gasteiger partial charge on any atom is -0.422 e. The summed E-state index contributed by atoms with van der Waals surface area (Å²) in [4.78, 5) is 17.7. The molecular weight excluding hydrogens is 426 g/mol. The van der Waals surface area contributed by atoms with Gasteiger partial charge in [0.1, 0.15) is 12.1 Å². The number of hydrogen-bond donors (Lipinski definition) is 0. The monoisotopic (exact) mass is 454 g/mol. The quantitative estimate of drug-likeness (QED) is 0.0782. The van der Waals surface area contributed by atoms with E-state index in [0.29, 0.717) is 17.7 Å². The predicted molar refractivity (Wildman–Crippen MR) is 138 cm³/mol. The second-order valence-corrected chi connectivity index (χ2v) is 8.01. The number of para-hydroxylation sites is 1. The van der Waals surface area contributed by atoms with Crippen LogP contribution in [0.4, 0.5) is 5.69 Å². The zero-order valence-electron chi connectivity index (χ0n) is 19.5. The molecule has 0 saturated heterocycles. The molecule has 7 nitrogen and oxygen atoms in total. The number of fused-ring (bicyclic) bond motifs is 2. The van der Waals surface area contributed by atoms with Crippen LogP contribution < -0.4 is 15.1 Å². The van der Waals surface area contributed by atoms with Gasteiger partial charge in [0.25, 0.3) is 0 Å². The van der Waals surface area contributed by atoms with Crippen LogP contribution in [0, 0.1) is 0 Å². The van der Waals surface area contributed by atoms with Crippen molar-refractivity contribution in [1.29, 1.82) is 0 Å². The van der Waals surface area contributed by atoms with Gasteiger partial charge in [-0.3, -0.25) is 0 Å². The molecule has 2 aromatic heterocycles. The summed E-state index contributed by atoms with van der Waals surface area (Å²) in [6.45, 7) is 7.23. The van der Waals surface area contributed by atoms with Gasteiger partial charge in [-0.2, -0.15) is 4.57 Å². The van der Waals surface area contributed by atoms with Crippen LogP contribution in [0.5, 0.6) is 0 Å². The Morgan fingerprint density at radius 2 is 1.85 bits per heavy atom. The van der Waals surface area contributed by atoms with Crippen LogP contribution in [-0.2, 0) is 6.54 Å². The summed E-state index contributed by atoms with van der Waals surface area (Å²) in [6.07, 6.45) is 6.56. The summed E-state index contributed by atoms with van der Waals surface area (Å²) in [5.41, 5.74) is 12.4. The molecule has 4 rings (SSSR count). The number of aryl methyl sites for hydroxylation is 1. The fraction of sp³-hybridized carbons (Fsp3) is 0.259. The number of azide groups is 1. The van der Waals surface area contributed by atoms with E-state index in [4.69, 9.17) is 9.95 Å². The van der Waals surface area contributed by atoms with Crippen molar-refractivity contribution < 1.29 is 8.98 Å². The van der Waals surface area contributed by atoms with Crippen molar-refractivity contribution in [2.75, 3.05) is 24.5 Å². The van der Waals surface area contributed by atoms with Gasteiger partial charge in [-0.15, -0.1) is 0 Å². The summed E-state index contributed by atoms with van der Waals surface area (Å²) in [5, 5.41) is 5.59. The van der Waals surface area contributed by atoms with Crippen LogP contribution in [0.15, 0.2) is 75.1 Å². The van der Waals surface area contributed by atoms with E-state index in [9.17, 15) is 4.79 Å². The maximum Gasteiger partial charge on any atom is 0.343 e. The summed E-state index contributed by atoms with van der Waals surface area (Å²) in [7, 11) is 0. The Kier molecular flexibility index (Phi) is 7.25. The Hall–Kier alpha value is -4.09. The molecule has 0 spiro atoms. The molecule has 0 N–H and O–H groups in total. The van der Waals surface area contributed by atoms with Gasteiger partial charge in [-0.05, 0) is 55.3 Å². The van der Waals surface area contributed by atoms with Crippen molar-refractivity contribution in [2.24, 2.45) is 5.11 Å². The van der Waals surface area contributed by atoms with Crippen LogP contribution >= 0.6 is 0 Å². The number of hydrogen-bond acceptors (Lipinski definition) is 4. The number of anilines is 1. The van der Waals surface area contributed by atoms with Crippen molar-refractivity contribution in [3.05, 3.63) is 92.8 Å². The minimum absolute atomic E-state index is 0.353. The van der Waals surface area contributed by atoms with Crippen LogP contribution in [-0.4, -0.2) is 19.6 Å². The van der Waals surface area contributed by atoms with E-state index in [1.165, 1.54) is 0 Å². The Morgan fingerprint density at radius 1 is 1.06 bits per heavy atom. The molecule has 0 saturated carbocycles. The number of benzene rings is 2. The average Bonchev–Trinajstić information content (AvgIpc) is 2.86. The first-order chi connectivity index (χ1) is 16.6. The normalized spacial score (nSPS) is 11.2. The Morgan fingerprint density at radius 3 is 2.65 bits per heavy atom. The average molecular weight is 455 g/mol. The lowest BCUT2D eigenvalue weighted by Gasteiger charge is -2.20. The molecule has 0 aliphatic rings. The Bertz CT molecular complexity index is 1450.